The van der Waals surface area contributed by atoms with Crippen LogP contribution in [0.5, 0.6) is 0 Å². The molecule has 0 unspecified atom stereocenters. The molecule has 0 aliphatic rings. The summed E-state index contributed by atoms with van der Waals surface area (Å²) in [6.07, 6.45) is 2.15. The van der Waals surface area contributed by atoms with Crippen LogP contribution in [-0.4, -0.2) is 27.8 Å². The second-order valence-corrected chi connectivity index (χ2v) is 5.94. The van der Waals surface area contributed by atoms with Crippen LogP contribution in [0.25, 0.3) is 0 Å². The Labute approximate surface area is 122 Å². The summed E-state index contributed by atoms with van der Waals surface area (Å²) < 4.78 is 7.71. The topological polar surface area (TPSA) is 44.1 Å². The van der Waals surface area contributed by atoms with Crippen LogP contribution in [0.4, 0.5) is 0 Å². The molecular formula is C16H28N2O2. The van der Waals surface area contributed by atoms with Gasteiger partial charge in [0.25, 0.3) is 0 Å². The molecule has 0 bridgehead atoms. The lowest BCUT2D eigenvalue weighted by atomic mass is 10.0. The predicted molar refractivity (Wildman–Crippen MR) is 81.3 cm³/mol. The van der Waals surface area contributed by atoms with Gasteiger partial charge >= 0.3 is 0 Å². The number of hydrogen-bond donors (Lipinski definition) is 0. The average molecular weight is 280 g/mol. The predicted octanol–water partition coefficient (Wildman–Crippen LogP) is 3.42. The minimum atomic E-state index is -0.144. The number of aryl methyl sites for hydroxylation is 1. The van der Waals surface area contributed by atoms with Gasteiger partial charge < -0.3 is 4.74 Å². The van der Waals surface area contributed by atoms with Gasteiger partial charge in [0.1, 0.15) is 0 Å². The Morgan fingerprint density at radius 1 is 1.20 bits per heavy atom. The Hall–Kier alpha value is -1.16. The molecule has 1 aromatic heterocycles. The molecule has 114 valence electrons. The maximum atomic E-state index is 12.1. The molecule has 0 aliphatic carbocycles. The van der Waals surface area contributed by atoms with Crippen molar-refractivity contribution >= 4 is 5.78 Å². The summed E-state index contributed by atoms with van der Waals surface area (Å²) in [4.78, 5) is 12.1. The van der Waals surface area contributed by atoms with Crippen LogP contribution in [0.15, 0.2) is 0 Å². The zero-order valence-corrected chi connectivity index (χ0v) is 13.7. The van der Waals surface area contributed by atoms with Gasteiger partial charge in [0.2, 0.25) is 0 Å². The van der Waals surface area contributed by atoms with E-state index in [9.17, 15) is 4.79 Å². The van der Waals surface area contributed by atoms with Gasteiger partial charge in [0.15, 0.2) is 5.78 Å². The van der Waals surface area contributed by atoms with Crippen LogP contribution in [-0.2, 0) is 24.1 Å². The van der Waals surface area contributed by atoms with Gasteiger partial charge in [-0.1, -0.05) is 20.8 Å². The minimum absolute atomic E-state index is 0.144. The van der Waals surface area contributed by atoms with E-state index in [1.54, 1.807) is 0 Å². The van der Waals surface area contributed by atoms with Crippen molar-refractivity contribution in [3.8, 4) is 0 Å². The van der Waals surface area contributed by atoms with Crippen LogP contribution in [0, 0.1) is 0 Å². The average Bonchev–Trinajstić information content (AvgIpc) is 2.74. The number of rotatable bonds is 7. The molecule has 4 heteroatoms. The van der Waals surface area contributed by atoms with E-state index in [-0.39, 0.29) is 11.4 Å². The minimum Gasteiger partial charge on any atom is -0.374 e. The number of aromatic nitrogens is 2. The second kappa shape index (κ2) is 7.02. The number of hydrogen-bond acceptors (Lipinski definition) is 3. The maximum Gasteiger partial charge on any atom is 0.166 e. The lowest BCUT2D eigenvalue weighted by molar-refractivity contribution is -0.00818. The first kappa shape index (κ1) is 16.9. The molecular weight excluding hydrogens is 252 g/mol. The quantitative estimate of drug-likeness (QED) is 0.719. The number of ether oxygens (including phenoxy) is 1. The van der Waals surface area contributed by atoms with E-state index < -0.39 is 0 Å². The molecule has 4 nitrogen and oxygen atoms in total. The molecule has 0 aromatic carbocycles. The van der Waals surface area contributed by atoms with Crippen molar-refractivity contribution in [3.05, 3.63) is 17.0 Å². The Kier molecular flexibility index (Phi) is 5.93. The van der Waals surface area contributed by atoms with Crippen LogP contribution in [0.2, 0.25) is 0 Å². The molecule has 0 fully saturated rings. The Bertz CT molecular complexity index is 456. The molecule has 0 atom stereocenters. The molecule has 0 N–H and O–H groups in total. The molecule has 0 saturated heterocycles. The number of carbonyl (C=O) groups is 1. The number of Topliss-reactive ketones (excluding diaryl/α,β-unsaturated/α-hetero) is 1. The van der Waals surface area contributed by atoms with Crippen molar-refractivity contribution in [2.24, 2.45) is 0 Å². The number of carbonyl (C=O) groups excluding carboxylic acids is 1. The van der Waals surface area contributed by atoms with Crippen LogP contribution < -0.4 is 0 Å². The van der Waals surface area contributed by atoms with Crippen molar-refractivity contribution in [1.82, 2.24) is 9.78 Å². The Morgan fingerprint density at radius 2 is 1.85 bits per heavy atom. The van der Waals surface area contributed by atoms with Crippen LogP contribution >= 0.6 is 0 Å². The standard InChI is InChI=1S/C16H28N2O2/c1-7-12-15(14(19)9-3)13(8-2)18(17-12)10-11-20-16(4,5)6/h7-11H2,1-6H3. The molecule has 20 heavy (non-hydrogen) atoms. The summed E-state index contributed by atoms with van der Waals surface area (Å²) in [7, 11) is 0. The van der Waals surface area contributed by atoms with Gasteiger partial charge in [0.05, 0.1) is 30.0 Å². The molecule has 1 rings (SSSR count). The molecule has 1 aromatic rings. The van der Waals surface area contributed by atoms with Crippen LogP contribution in [0.1, 0.15) is 69.7 Å². The largest absolute Gasteiger partial charge is 0.374 e. The third-order valence-electron chi connectivity index (χ3n) is 3.24. The lowest BCUT2D eigenvalue weighted by Gasteiger charge is -2.19. The molecule has 1 heterocycles. The van der Waals surface area contributed by atoms with Gasteiger partial charge in [-0.15, -0.1) is 0 Å². The summed E-state index contributed by atoms with van der Waals surface area (Å²) in [5.74, 6) is 0.196. The summed E-state index contributed by atoms with van der Waals surface area (Å²) in [6, 6.07) is 0. The summed E-state index contributed by atoms with van der Waals surface area (Å²) in [5, 5.41) is 4.60. The smallest absolute Gasteiger partial charge is 0.166 e. The Morgan fingerprint density at radius 3 is 2.30 bits per heavy atom. The summed E-state index contributed by atoms with van der Waals surface area (Å²) >= 11 is 0. The molecule has 0 amide bonds. The van der Waals surface area contributed by atoms with E-state index in [2.05, 4.69) is 12.0 Å². The zero-order valence-electron chi connectivity index (χ0n) is 13.7. The SMILES string of the molecule is CCC(=O)c1c(CC)nn(CCOC(C)(C)C)c1CC. The van der Waals surface area contributed by atoms with Gasteiger partial charge in [-0.05, 0) is 33.6 Å². The van der Waals surface area contributed by atoms with Crippen molar-refractivity contribution in [3.63, 3.8) is 0 Å². The highest BCUT2D eigenvalue weighted by molar-refractivity contribution is 5.98. The molecule has 0 radical (unpaired) electrons. The molecule has 0 spiro atoms. The monoisotopic (exact) mass is 280 g/mol. The van der Waals surface area contributed by atoms with E-state index in [0.717, 1.165) is 29.8 Å². The molecule has 0 saturated carbocycles. The first-order valence-electron chi connectivity index (χ1n) is 7.59. The van der Waals surface area contributed by atoms with Crippen molar-refractivity contribution in [2.45, 2.75) is 73.0 Å². The fraction of sp³-hybridized carbons (Fsp3) is 0.750. The highest BCUT2D eigenvalue weighted by Crippen LogP contribution is 2.18. The van der Waals surface area contributed by atoms with Gasteiger partial charge in [-0.3, -0.25) is 9.48 Å². The normalized spacial score (nSPS) is 11.9. The highest BCUT2D eigenvalue weighted by Gasteiger charge is 2.20. The third kappa shape index (κ3) is 4.17. The van der Waals surface area contributed by atoms with E-state index >= 15 is 0 Å². The summed E-state index contributed by atoms with van der Waals surface area (Å²) in [6.45, 7) is 13.5. The number of ketones is 1. The fourth-order valence-electron chi connectivity index (χ4n) is 2.28. The van der Waals surface area contributed by atoms with E-state index in [4.69, 9.17) is 4.74 Å². The number of nitrogens with zero attached hydrogens (tertiary/aromatic N) is 2. The highest BCUT2D eigenvalue weighted by atomic mass is 16.5. The van der Waals surface area contributed by atoms with E-state index in [1.807, 2.05) is 39.3 Å². The maximum absolute atomic E-state index is 12.1. The second-order valence-electron chi connectivity index (χ2n) is 5.94. The molecule has 0 aliphatic heterocycles. The van der Waals surface area contributed by atoms with Crippen LogP contribution in [0.3, 0.4) is 0 Å². The van der Waals surface area contributed by atoms with Crippen molar-refractivity contribution in [2.75, 3.05) is 6.61 Å². The lowest BCUT2D eigenvalue weighted by Crippen LogP contribution is -2.22. The summed E-state index contributed by atoms with van der Waals surface area (Å²) in [5.41, 5.74) is 2.67. The first-order valence-corrected chi connectivity index (χ1v) is 7.59. The van der Waals surface area contributed by atoms with Crippen molar-refractivity contribution in [1.29, 1.82) is 0 Å². The Balaban J connectivity index is 2.96. The third-order valence-corrected chi connectivity index (χ3v) is 3.24. The zero-order chi connectivity index (χ0) is 15.3. The first-order chi connectivity index (χ1) is 9.34. The van der Waals surface area contributed by atoms with Gasteiger partial charge in [0, 0.05) is 12.1 Å². The van der Waals surface area contributed by atoms with E-state index in [1.165, 1.54) is 0 Å². The van der Waals surface area contributed by atoms with E-state index in [0.29, 0.717) is 19.6 Å². The van der Waals surface area contributed by atoms with Gasteiger partial charge in [-0.2, -0.15) is 5.10 Å². The van der Waals surface area contributed by atoms with Crippen molar-refractivity contribution < 1.29 is 9.53 Å². The van der Waals surface area contributed by atoms with Gasteiger partial charge in [-0.25, -0.2) is 0 Å². The fourth-order valence-corrected chi connectivity index (χ4v) is 2.28.